The highest BCUT2D eigenvalue weighted by Crippen LogP contribution is 2.26. The number of halogens is 1. The second-order valence-corrected chi connectivity index (χ2v) is 6.12. The van der Waals surface area contributed by atoms with Crippen molar-refractivity contribution in [1.82, 2.24) is 9.97 Å². The molecule has 2 aromatic rings. The number of aromatic nitrogens is 2. The van der Waals surface area contributed by atoms with E-state index in [0.29, 0.717) is 4.83 Å². The summed E-state index contributed by atoms with van der Waals surface area (Å²) in [5, 5.41) is 0. The van der Waals surface area contributed by atoms with Gasteiger partial charge < -0.3 is 4.90 Å². The fourth-order valence-corrected chi connectivity index (χ4v) is 2.94. The summed E-state index contributed by atoms with van der Waals surface area (Å²) >= 11 is 3.75. The minimum absolute atomic E-state index is 0.541. The second kappa shape index (κ2) is 4.84. The molecule has 3 nitrogen and oxygen atoms in total. The number of hydrogen-bond donors (Lipinski definition) is 0. The van der Waals surface area contributed by atoms with Gasteiger partial charge in [-0.2, -0.15) is 0 Å². The molecule has 0 radical (unpaired) electrons. The third-order valence-electron chi connectivity index (χ3n) is 3.63. The van der Waals surface area contributed by atoms with E-state index in [1.807, 2.05) is 30.5 Å². The Morgan fingerprint density at radius 3 is 2.83 bits per heavy atom. The molecule has 1 saturated heterocycles. The Kier molecular flexibility index (Phi) is 3.20. The Hall–Kier alpha value is -1.16. The fourth-order valence-electron chi connectivity index (χ4n) is 2.33. The molecule has 0 amide bonds. The first kappa shape index (κ1) is 11.9. The van der Waals surface area contributed by atoms with Crippen LogP contribution in [0.3, 0.4) is 0 Å². The van der Waals surface area contributed by atoms with Crippen molar-refractivity contribution in [3.63, 3.8) is 0 Å². The minimum atomic E-state index is 0.541. The van der Waals surface area contributed by atoms with Crippen LogP contribution in [0.5, 0.6) is 0 Å². The SMILES string of the molecule is CC1CCN(c2cnc3ccccc3n2)CC1Br. The number of fused-ring (bicyclic) bond motifs is 1. The van der Waals surface area contributed by atoms with E-state index in [-0.39, 0.29) is 0 Å². The lowest BCUT2D eigenvalue weighted by molar-refractivity contribution is 0.454. The lowest BCUT2D eigenvalue weighted by Crippen LogP contribution is -2.40. The van der Waals surface area contributed by atoms with Gasteiger partial charge >= 0.3 is 0 Å². The van der Waals surface area contributed by atoms with Crippen LogP contribution in [0.4, 0.5) is 5.82 Å². The van der Waals surface area contributed by atoms with E-state index < -0.39 is 0 Å². The fraction of sp³-hybridized carbons (Fsp3) is 0.429. The molecule has 1 aromatic carbocycles. The van der Waals surface area contributed by atoms with Crippen LogP contribution in [0.1, 0.15) is 13.3 Å². The van der Waals surface area contributed by atoms with E-state index in [2.05, 4.69) is 32.7 Å². The number of rotatable bonds is 1. The average molecular weight is 306 g/mol. The Morgan fingerprint density at radius 2 is 2.06 bits per heavy atom. The summed E-state index contributed by atoms with van der Waals surface area (Å²) in [7, 11) is 0. The number of hydrogen-bond acceptors (Lipinski definition) is 3. The summed E-state index contributed by atoms with van der Waals surface area (Å²) in [6.07, 6.45) is 3.09. The van der Waals surface area contributed by atoms with E-state index >= 15 is 0 Å². The van der Waals surface area contributed by atoms with Gasteiger partial charge in [0, 0.05) is 17.9 Å². The van der Waals surface area contributed by atoms with E-state index in [9.17, 15) is 0 Å². The number of piperidine rings is 1. The Balaban J connectivity index is 1.90. The van der Waals surface area contributed by atoms with Crippen molar-refractivity contribution in [2.24, 2.45) is 5.92 Å². The van der Waals surface area contributed by atoms with Crippen LogP contribution in [-0.4, -0.2) is 27.9 Å². The van der Waals surface area contributed by atoms with Gasteiger partial charge in [0.15, 0.2) is 0 Å². The van der Waals surface area contributed by atoms with E-state index in [1.54, 1.807) is 0 Å². The van der Waals surface area contributed by atoms with E-state index in [4.69, 9.17) is 4.98 Å². The minimum Gasteiger partial charge on any atom is -0.354 e. The van der Waals surface area contributed by atoms with Crippen molar-refractivity contribution in [2.75, 3.05) is 18.0 Å². The molecule has 94 valence electrons. The van der Waals surface area contributed by atoms with Gasteiger partial charge in [0.25, 0.3) is 0 Å². The standard InChI is InChI=1S/C14H16BrN3/c1-10-6-7-18(9-11(10)15)14-8-16-12-4-2-3-5-13(12)17-14/h2-5,8,10-11H,6-7,9H2,1H3. The maximum atomic E-state index is 4.70. The molecule has 1 aromatic heterocycles. The normalized spacial score (nSPS) is 24.4. The monoisotopic (exact) mass is 305 g/mol. The van der Waals surface area contributed by atoms with Gasteiger partial charge in [-0.1, -0.05) is 35.0 Å². The smallest absolute Gasteiger partial charge is 0.147 e. The van der Waals surface area contributed by atoms with Crippen molar-refractivity contribution >= 4 is 32.8 Å². The largest absolute Gasteiger partial charge is 0.354 e. The lowest BCUT2D eigenvalue weighted by atomic mass is 9.99. The molecule has 18 heavy (non-hydrogen) atoms. The number of anilines is 1. The van der Waals surface area contributed by atoms with Crippen LogP contribution in [-0.2, 0) is 0 Å². The first-order chi connectivity index (χ1) is 8.74. The first-order valence-electron chi connectivity index (χ1n) is 6.35. The molecule has 4 heteroatoms. The van der Waals surface area contributed by atoms with Gasteiger partial charge in [0.2, 0.25) is 0 Å². The Morgan fingerprint density at radius 1 is 1.28 bits per heavy atom. The van der Waals surface area contributed by atoms with Crippen LogP contribution in [0.2, 0.25) is 0 Å². The molecule has 0 N–H and O–H groups in total. The molecule has 0 aliphatic carbocycles. The van der Waals surface area contributed by atoms with Crippen molar-refractivity contribution in [2.45, 2.75) is 18.2 Å². The van der Waals surface area contributed by atoms with Gasteiger partial charge in [-0.3, -0.25) is 4.98 Å². The molecule has 2 heterocycles. The molecule has 2 unspecified atom stereocenters. The summed E-state index contributed by atoms with van der Waals surface area (Å²) in [5.74, 6) is 1.72. The van der Waals surface area contributed by atoms with Gasteiger partial charge in [-0.05, 0) is 24.5 Å². The maximum Gasteiger partial charge on any atom is 0.147 e. The molecule has 1 aliphatic rings. The molecule has 3 rings (SSSR count). The van der Waals surface area contributed by atoms with Crippen LogP contribution < -0.4 is 4.90 Å². The van der Waals surface area contributed by atoms with Gasteiger partial charge in [0.05, 0.1) is 17.2 Å². The Bertz CT molecular complexity index is 557. The van der Waals surface area contributed by atoms with Crippen LogP contribution >= 0.6 is 15.9 Å². The molecule has 2 atom stereocenters. The second-order valence-electron chi connectivity index (χ2n) is 4.94. The first-order valence-corrected chi connectivity index (χ1v) is 7.26. The predicted octanol–water partition coefficient (Wildman–Crippen LogP) is 3.24. The van der Waals surface area contributed by atoms with Crippen molar-refractivity contribution in [3.05, 3.63) is 30.5 Å². The third-order valence-corrected chi connectivity index (χ3v) is 4.82. The summed E-state index contributed by atoms with van der Waals surface area (Å²) < 4.78 is 0. The highest BCUT2D eigenvalue weighted by Gasteiger charge is 2.24. The summed E-state index contributed by atoms with van der Waals surface area (Å²) in [4.78, 5) is 12.0. The van der Waals surface area contributed by atoms with Crippen LogP contribution in [0.15, 0.2) is 30.5 Å². The highest BCUT2D eigenvalue weighted by molar-refractivity contribution is 9.09. The van der Waals surface area contributed by atoms with Crippen molar-refractivity contribution < 1.29 is 0 Å². The quantitative estimate of drug-likeness (QED) is 0.757. The highest BCUT2D eigenvalue weighted by atomic mass is 79.9. The molecule has 0 bridgehead atoms. The predicted molar refractivity (Wildman–Crippen MR) is 78.2 cm³/mol. The zero-order chi connectivity index (χ0) is 12.5. The van der Waals surface area contributed by atoms with Crippen molar-refractivity contribution in [3.8, 4) is 0 Å². The number of benzene rings is 1. The molecule has 0 spiro atoms. The van der Waals surface area contributed by atoms with E-state index in [1.165, 1.54) is 6.42 Å². The third kappa shape index (κ3) is 2.21. The molecule has 1 aliphatic heterocycles. The van der Waals surface area contributed by atoms with Crippen molar-refractivity contribution in [1.29, 1.82) is 0 Å². The zero-order valence-corrected chi connectivity index (χ0v) is 12.0. The summed E-state index contributed by atoms with van der Waals surface area (Å²) in [5.41, 5.74) is 1.93. The number of para-hydroxylation sites is 2. The number of alkyl halides is 1. The van der Waals surface area contributed by atoms with Crippen LogP contribution in [0.25, 0.3) is 11.0 Å². The van der Waals surface area contributed by atoms with Gasteiger partial charge in [-0.15, -0.1) is 0 Å². The summed E-state index contributed by atoms with van der Waals surface area (Å²) in [6.45, 7) is 4.37. The molecular weight excluding hydrogens is 290 g/mol. The Labute approximate surface area is 115 Å². The van der Waals surface area contributed by atoms with E-state index in [0.717, 1.165) is 35.9 Å². The van der Waals surface area contributed by atoms with Gasteiger partial charge in [0.1, 0.15) is 5.82 Å². The molecule has 0 saturated carbocycles. The van der Waals surface area contributed by atoms with Gasteiger partial charge in [-0.25, -0.2) is 4.98 Å². The average Bonchev–Trinajstić information content (AvgIpc) is 2.41. The lowest BCUT2D eigenvalue weighted by Gasteiger charge is -2.34. The zero-order valence-electron chi connectivity index (χ0n) is 10.4. The van der Waals surface area contributed by atoms with Crippen LogP contribution in [0, 0.1) is 5.92 Å². The topological polar surface area (TPSA) is 29.0 Å². The molecular formula is C14H16BrN3. The summed E-state index contributed by atoms with van der Waals surface area (Å²) in [6, 6.07) is 8.02. The molecule has 1 fully saturated rings. The number of nitrogens with zero attached hydrogens (tertiary/aromatic N) is 3. The maximum absolute atomic E-state index is 4.70.